The second-order valence-corrected chi connectivity index (χ2v) is 6.22. The molecule has 0 heterocycles. The molecule has 0 fully saturated rings. The smallest absolute Gasteiger partial charge is 0.162 e. The first-order chi connectivity index (χ1) is 10.6. The Balaban J connectivity index is 1.83. The zero-order valence-corrected chi connectivity index (χ0v) is 14.4. The summed E-state index contributed by atoms with van der Waals surface area (Å²) in [5.41, 5.74) is 2.34. The average Bonchev–Trinajstić information content (AvgIpc) is 2.55. The van der Waals surface area contributed by atoms with Gasteiger partial charge >= 0.3 is 0 Å². The van der Waals surface area contributed by atoms with Crippen LogP contribution >= 0.6 is 27.5 Å². The quantitative estimate of drug-likeness (QED) is 0.475. The predicted molar refractivity (Wildman–Crippen MR) is 92.7 cm³/mol. The van der Waals surface area contributed by atoms with Crippen LogP contribution in [0.5, 0.6) is 0 Å². The number of carbonyl (C=O) groups is 2. The summed E-state index contributed by atoms with van der Waals surface area (Å²) in [6.07, 6.45) is 1.32. The van der Waals surface area contributed by atoms with Gasteiger partial charge in [0.2, 0.25) is 0 Å². The first-order valence-corrected chi connectivity index (χ1v) is 8.40. The lowest BCUT2D eigenvalue weighted by atomic mass is 10.0. The number of hydrogen-bond donors (Lipinski definition) is 0. The van der Waals surface area contributed by atoms with Crippen LogP contribution in [0.2, 0.25) is 0 Å². The minimum absolute atomic E-state index is 0.0599. The molecule has 0 aliphatic heterocycles. The van der Waals surface area contributed by atoms with Crippen molar-refractivity contribution in [3.05, 3.63) is 69.7 Å². The van der Waals surface area contributed by atoms with E-state index >= 15 is 0 Å². The van der Waals surface area contributed by atoms with Crippen molar-refractivity contribution in [1.29, 1.82) is 0 Å². The maximum Gasteiger partial charge on any atom is 0.162 e. The number of ketones is 2. The highest BCUT2D eigenvalue weighted by Crippen LogP contribution is 2.15. The van der Waals surface area contributed by atoms with Crippen LogP contribution in [-0.4, -0.2) is 11.6 Å². The fourth-order valence-corrected chi connectivity index (χ4v) is 2.56. The second kappa shape index (κ2) is 8.25. The Hall–Kier alpha value is -1.45. The normalized spacial score (nSPS) is 10.5. The van der Waals surface area contributed by atoms with Crippen molar-refractivity contribution in [2.24, 2.45) is 0 Å². The number of alkyl halides is 1. The summed E-state index contributed by atoms with van der Waals surface area (Å²) in [5, 5.41) is 0. The van der Waals surface area contributed by atoms with Gasteiger partial charge < -0.3 is 0 Å². The molecule has 2 rings (SSSR count). The number of carbonyl (C=O) groups excluding carboxylic acids is 2. The van der Waals surface area contributed by atoms with Crippen LogP contribution in [0.15, 0.2) is 53.0 Å². The standard InChI is InChI=1S/C18H16BrClO2/c19-16-10-8-15(9-11-16)18(22)3-1-2-17(21)14-6-4-13(12-20)5-7-14/h4-11H,1-3,12H2. The van der Waals surface area contributed by atoms with E-state index in [4.69, 9.17) is 11.6 Å². The van der Waals surface area contributed by atoms with E-state index in [0.29, 0.717) is 36.3 Å². The minimum Gasteiger partial charge on any atom is -0.294 e. The fraction of sp³-hybridized carbons (Fsp3) is 0.222. The zero-order valence-electron chi connectivity index (χ0n) is 12.0. The molecule has 0 unspecified atom stereocenters. The van der Waals surface area contributed by atoms with Crippen molar-refractivity contribution in [2.45, 2.75) is 25.1 Å². The molecule has 0 saturated heterocycles. The average molecular weight is 380 g/mol. The highest BCUT2D eigenvalue weighted by molar-refractivity contribution is 9.10. The summed E-state index contributed by atoms with van der Waals surface area (Å²) in [6, 6.07) is 14.6. The van der Waals surface area contributed by atoms with E-state index in [0.717, 1.165) is 10.0 Å². The first kappa shape index (κ1) is 16.9. The molecule has 0 N–H and O–H groups in total. The van der Waals surface area contributed by atoms with Crippen molar-refractivity contribution in [2.75, 3.05) is 0 Å². The van der Waals surface area contributed by atoms with Crippen molar-refractivity contribution in [1.82, 2.24) is 0 Å². The molecule has 2 nitrogen and oxygen atoms in total. The molecular weight excluding hydrogens is 364 g/mol. The predicted octanol–water partition coefficient (Wildman–Crippen LogP) is 5.42. The number of rotatable bonds is 7. The molecule has 0 amide bonds. The van der Waals surface area contributed by atoms with Gasteiger partial charge in [-0.2, -0.15) is 0 Å². The van der Waals surface area contributed by atoms with Gasteiger partial charge in [-0.1, -0.05) is 52.3 Å². The van der Waals surface area contributed by atoms with Gasteiger partial charge in [0.15, 0.2) is 11.6 Å². The summed E-state index contributed by atoms with van der Waals surface area (Å²) >= 11 is 9.06. The van der Waals surface area contributed by atoms with Gasteiger partial charge in [0, 0.05) is 34.3 Å². The van der Waals surface area contributed by atoms with E-state index in [1.54, 1.807) is 24.3 Å². The summed E-state index contributed by atoms with van der Waals surface area (Å²) in [7, 11) is 0. The maximum absolute atomic E-state index is 12.1. The molecule has 22 heavy (non-hydrogen) atoms. The first-order valence-electron chi connectivity index (χ1n) is 7.07. The van der Waals surface area contributed by atoms with Crippen LogP contribution < -0.4 is 0 Å². The summed E-state index contributed by atoms with van der Waals surface area (Å²) in [6.45, 7) is 0. The van der Waals surface area contributed by atoms with Crippen LogP contribution in [0.4, 0.5) is 0 Å². The minimum atomic E-state index is 0.0599. The van der Waals surface area contributed by atoms with Crippen molar-refractivity contribution in [3.63, 3.8) is 0 Å². The van der Waals surface area contributed by atoms with Crippen LogP contribution in [0, 0.1) is 0 Å². The number of Topliss-reactive ketones (excluding diaryl/α,β-unsaturated/α-hetero) is 2. The van der Waals surface area contributed by atoms with Gasteiger partial charge in [-0.25, -0.2) is 0 Å². The van der Waals surface area contributed by atoms with E-state index in [2.05, 4.69) is 15.9 Å². The Labute approximate surface area is 143 Å². The third-order valence-electron chi connectivity index (χ3n) is 3.40. The van der Waals surface area contributed by atoms with Crippen molar-refractivity contribution in [3.8, 4) is 0 Å². The Bertz CT molecular complexity index is 648. The monoisotopic (exact) mass is 378 g/mol. The van der Waals surface area contributed by atoms with Gasteiger partial charge in [-0.3, -0.25) is 9.59 Å². The second-order valence-electron chi connectivity index (χ2n) is 5.04. The number of benzene rings is 2. The number of halogens is 2. The molecular formula is C18H16BrClO2. The van der Waals surface area contributed by atoms with Crippen LogP contribution in [0.3, 0.4) is 0 Å². The van der Waals surface area contributed by atoms with Crippen molar-refractivity contribution >= 4 is 39.1 Å². The lowest BCUT2D eigenvalue weighted by Gasteiger charge is -2.03. The van der Waals surface area contributed by atoms with Crippen LogP contribution in [0.1, 0.15) is 45.5 Å². The fourth-order valence-electron chi connectivity index (χ4n) is 2.11. The van der Waals surface area contributed by atoms with E-state index in [1.807, 2.05) is 24.3 Å². The molecule has 0 atom stereocenters. The molecule has 4 heteroatoms. The van der Waals surface area contributed by atoms with E-state index < -0.39 is 0 Å². The van der Waals surface area contributed by atoms with E-state index in [1.165, 1.54) is 0 Å². The maximum atomic E-state index is 12.1. The molecule has 0 aliphatic carbocycles. The lowest BCUT2D eigenvalue weighted by Crippen LogP contribution is -2.03. The van der Waals surface area contributed by atoms with Gasteiger partial charge in [-0.05, 0) is 24.1 Å². The Morgan fingerprint density at radius 1 is 0.818 bits per heavy atom. The topological polar surface area (TPSA) is 34.1 Å². The largest absolute Gasteiger partial charge is 0.294 e. The van der Waals surface area contributed by atoms with E-state index in [9.17, 15) is 9.59 Å². The molecule has 0 aromatic heterocycles. The molecule has 0 radical (unpaired) electrons. The van der Waals surface area contributed by atoms with Crippen LogP contribution in [0.25, 0.3) is 0 Å². The lowest BCUT2D eigenvalue weighted by molar-refractivity contribution is 0.0957. The highest BCUT2D eigenvalue weighted by atomic mass is 79.9. The molecule has 2 aromatic rings. The zero-order chi connectivity index (χ0) is 15.9. The molecule has 114 valence electrons. The van der Waals surface area contributed by atoms with Gasteiger partial charge in [0.25, 0.3) is 0 Å². The molecule has 0 spiro atoms. The summed E-state index contributed by atoms with van der Waals surface area (Å²) < 4.78 is 0.944. The van der Waals surface area contributed by atoms with Gasteiger partial charge in [0.1, 0.15) is 0 Å². The third-order valence-corrected chi connectivity index (χ3v) is 4.24. The molecule has 0 bridgehead atoms. The van der Waals surface area contributed by atoms with E-state index in [-0.39, 0.29) is 11.6 Å². The third kappa shape index (κ3) is 4.79. The van der Waals surface area contributed by atoms with Gasteiger partial charge in [0.05, 0.1) is 0 Å². The van der Waals surface area contributed by atoms with Crippen molar-refractivity contribution < 1.29 is 9.59 Å². The highest BCUT2D eigenvalue weighted by Gasteiger charge is 2.09. The summed E-state index contributed by atoms with van der Waals surface area (Å²) in [5.74, 6) is 0.568. The van der Waals surface area contributed by atoms with Crippen LogP contribution in [-0.2, 0) is 5.88 Å². The summed E-state index contributed by atoms with van der Waals surface area (Å²) in [4.78, 5) is 24.1. The molecule has 2 aromatic carbocycles. The SMILES string of the molecule is O=C(CCCC(=O)c1ccc(CCl)cc1)c1ccc(Br)cc1. The van der Waals surface area contributed by atoms with Gasteiger partial charge in [-0.15, -0.1) is 11.6 Å². The number of hydrogen-bond acceptors (Lipinski definition) is 2. The Morgan fingerprint density at radius 3 is 1.73 bits per heavy atom. The Morgan fingerprint density at radius 2 is 1.27 bits per heavy atom. The molecule has 0 aliphatic rings. The molecule has 0 saturated carbocycles. The Kier molecular flexibility index (Phi) is 6.34.